The zero-order valence-corrected chi connectivity index (χ0v) is 17.4. The summed E-state index contributed by atoms with van der Waals surface area (Å²) < 4.78 is 6.41. The zero-order valence-electron chi connectivity index (χ0n) is 15.8. The summed E-state index contributed by atoms with van der Waals surface area (Å²) in [4.78, 5) is 17.1. The highest BCUT2D eigenvalue weighted by molar-refractivity contribution is 9.10. The number of nitrogens with zero attached hydrogens (tertiary/aromatic N) is 2. The van der Waals surface area contributed by atoms with E-state index in [1.165, 1.54) is 11.3 Å². The Morgan fingerprint density at radius 2 is 1.96 bits per heavy atom. The summed E-state index contributed by atoms with van der Waals surface area (Å²) >= 11 is 3.43. The third kappa shape index (κ3) is 5.31. The number of likely N-dealkylation sites (N-methyl/N-ethyl adjacent to an activating group) is 1. The van der Waals surface area contributed by atoms with E-state index in [1.54, 1.807) is 0 Å². The molecule has 1 saturated heterocycles. The van der Waals surface area contributed by atoms with Crippen molar-refractivity contribution in [1.29, 1.82) is 0 Å². The van der Waals surface area contributed by atoms with Gasteiger partial charge < -0.3 is 15.0 Å². The van der Waals surface area contributed by atoms with Crippen LogP contribution in [0.25, 0.3) is 0 Å². The van der Waals surface area contributed by atoms with Gasteiger partial charge in [-0.2, -0.15) is 0 Å². The molecule has 5 nitrogen and oxygen atoms in total. The average Bonchev–Trinajstić information content (AvgIpc) is 2.68. The summed E-state index contributed by atoms with van der Waals surface area (Å²) in [6.45, 7) is 5.97. The molecule has 1 atom stereocenters. The maximum atomic E-state index is 12.6. The zero-order chi connectivity index (χ0) is 19.2. The van der Waals surface area contributed by atoms with Crippen molar-refractivity contribution in [2.24, 2.45) is 0 Å². The van der Waals surface area contributed by atoms with Crippen LogP contribution in [0, 0.1) is 0 Å². The first-order chi connectivity index (χ1) is 13.0. The number of halogens is 1. The van der Waals surface area contributed by atoms with Gasteiger partial charge in [0.2, 0.25) is 5.91 Å². The van der Waals surface area contributed by atoms with Gasteiger partial charge in [-0.25, -0.2) is 0 Å². The third-order valence-electron chi connectivity index (χ3n) is 4.90. The fraction of sp³-hybridized carbons (Fsp3) is 0.381. The SMILES string of the molecule is C[C@@H](C(=O)Nc1cccc(Br)c1)N(C)Cc1ccccc1N1CCOCC1. The van der Waals surface area contributed by atoms with E-state index in [9.17, 15) is 4.79 Å². The van der Waals surface area contributed by atoms with Crippen LogP contribution in [-0.2, 0) is 16.1 Å². The Morgan fingerprint density at radius 3 is 2.70 bits per heavy atom. The Hall–Kier alpha value is -1.89. The predicted molar refractivity (Wildman–Crippen MR) is 113 cm³/mol. The van der Waals surface area contributed by atoms with Gasteiger partial charge in [0.1, 0.15) is 0 Å². The Morgan fingerprint density at radius 1 is 1.22 bits per heavy atom. The molecular weight excluding hydrogens is 406 g/mol. The first-order valence-corrected chi connectivity index (χ1v) is 10.0. The highest BCUT2D eigenvalue weighted by Crippen LogP contribution is 2.23. The predicted octanol–water partition coefficient (Wildman–Crippen LogP) is 3.74. The Labute approximate surface area is 169 Å². The molecule has 1 aliphatic rings. The lowest BCUT2D eigenvalue weighted by Crippen LogP contribution is -2.40. The lowest BCUT2D eigenvalue weighted by molar-refractivity contribution is -0.120. The number of morpholine rings is 1. The van der Waals surface area contributed by atoms with Gasteiger partial charge in [0, 0.05) is 35.5 Å². The van der Waals surface area contributed by atoms with E-state index in [4.69, 9.17) is 4.74 Å². The molecule has 3 rings (SSSR count). The molecule has 6 heteroatoms. The van der Waals surface area contributed by atoms with Crippen molar-refractivity contribution in [3.63, 3.8) is 0 Å². The summed E-state index contributed by atoms with van der Waals surface area (Å²) in [5.74, 6) is -0.0144. The number of ether oxygens (including phenoxy) is 1. The van der Waals surface area contributed by atoms with Crippen molar-refractivity contribution in [2.75, 3.05) is 43.6 Å². The molecule has 0 aromatic heterocycles. The second-order valence-corrected chi connectivity index (χ2v) is 7.73. The van der Waals surface area contributed by atoms with Crippen molar-refractivity contribution >= 4 is 33.2 Å². The van der Waals surface area contributed by atoms with Gasteiger partial charge in [0.25, 0.3) is 0 Å². The fourth-order valence-electron chi connectivity index (χ4n) is 3.18. The highest BCUT2D eigenvalue weighted by Gasteiger charge is 2.21. The largest absolute Gasteiger partial charge is 0.378 e. The molecule has 0 saturated carbocycles. The number of nitrogens with one attached hydrogen (secondary N) is 1. The molecule has 0 bridgehead atoms. The number of carbonyl (C=O) groups excluding carboxylic acids is 1. The van der Waals surface area contributed by atoms with E-state index < -0.39 is 0 Å². The molecule has 0 spiro atoms. The minimum absolute atomic E-state index is 0.0144. The van der Waals surface area contributed by atoms with Gasteiger partial charge in [0.05, 0.1) is 19.3 Å². The van der Waals surface area contributed by atoms with Crippen molar-refractivity contribution in [3.05, 3.63) is 58.6 Å². The van der Waals surface area contributed by atoms with Crippen LogP contribution in [0.15, 0.2) is 53.0 Å². The Kier molecular flexibility index (Phi) is 6.88. The maximum Gasteiger partial charge on any atom is 0.241 e. The van der Waals surface area contributed by atoms with Crippen molar-refractivity contribution < 1.29 is 9.53 Å². The lowest BCUT2D eigenvalue weighted by Gasteiger charge is -2.32. The molecule has 2 aromatic rings. The normalized spacial score (nSPS) is 15.6. The smallest absolute Gasteiger partial charge is 0.241 e. The molecule has 1 heterocycles. The molecule has 1 N–H and O–H groups in total. The van der Waals surface area contributed by atoms with Crippen molar-refractivity contribution in [3.8, 4) is 0 Å². The topological polar surface area (TPSA) is 44.8 Å². The average molecular weight is 432 g/mol. The fourth-order valence-corrected chi connectivity index (χ4v) is 3.58. The van der Waals surface area contributed by atoms with Crippen LogP contribution in [0.1, 0.15) is 12.5 Å². The first kappa shape index (κ1) is 19.9. The number of amides is 1. The van der Waals surface area contributed by atoms with Crippen LogP contribution in [0.5, 0.6) is 0 Å². The molecule has 0 radical (unpaired) electrons. The van der Waals surface area contributed by atoms with E-state index in [0.29, 0.717) is 6.54 Å². The Bertz CT molecular complexity index is 778. The number of hydrogen-bond acceptors (Lipinski definition) is 4. The van der Waals surface area contributed by atoms with Crippen LogP contribution in [0.2, 0.25) is 0 Å². The molecule has 27 heavy (non-hydrogen) atoms. The van der Waals surface area contributed by atoms with Crippen LogP contribution < -0.4 is 10.2 Å². The van der Waals surface area contributed by atoms with Gasteiger partial charge in [-0.1, -0.05) is 40.2 Å². The second kappa shape index (κ2) is 9.35. The summed E-state index contributed by atoms with van der Waals surface area (Å²) in [6.07, 6.45) is 0. The lowest BCUT2D eigenvalue weighted by atomic mass is 10.1. The van der Waals surface area contributed by atoms with E-state index in [1.807, 2.05) is 38.2 Å². The second-order valence-electron chi connectivity index (χ2n) is 6.82. The standard InChI is InChI=1S/C21H26BrN3O2/c1-16(21(26)23-19-8-5-7-18(22)14-19)24(2)15-17-6-3-4-9-20(17)25-10-12-27-13-11-25/h3-9,14,16H,10-13,15H2,1-2H3,(H,23,26)/t16-/m0/s1. The minimum atomic E-state index is -0.248. The maximum absolute atomic E-state index is 12.6. The van der Waals surface area contributed by atoms with E-state index in [2.05, 4.69) is 55.3 Å². The van der Waals surface area contributed by atoms with Crippen LogP contribution >= 0.6 is 15.9 Å². The monoisotopic (exact) mass is 431 g/mol. The Balaban J connectivity index is 1.65. The molecule has 1 fully saturated rings. The summed E-state index contributed by atoms with van der Waals surface area (Å²) in [7, 11) is 1.99. The number of anilines is 2. The molecule has 1 aliphatic heterocycles. The van der Waals surface area contributed by atoms with Crippen molar-refractivity contribution in [1.82, 2.24) is 4.90 Å². The molecule has 0 aliphatic carbocycles. The quantitative estimate of drug-likeness (QED) is 0.756. The molecule has 1 amide bonds. The van der Waals surface area contributed by atoms with Gasteiger partial charge in [0.15, 0.2) is 0 Å². The number of benzene rings is 2. The van der Waals surface area contributed by atoms with Crippen molar-refractivity contribution in [2.45, 2.75) is 19.5 Å². The van der Waals surface area contributed by atoms with Gasteiger partial charge in [-0.15, -0.1) is 0 Å². The van der Waals surface area contributed by atoms with Gasteiger partial charge >= 0.3 is 0 Å². The van der Waals surface area contributed by atoms with Crippen LogP contribution in [-0.4, -0.2) is 50.2 Å². The van der Waals surface area contributed by atoms with E-state index >= 15 is 0 Å². The number of hydrogen-bond donors (Lipinski definition) is 1. The molecule has 2 aromatic carbocycles. The first-order valence-electron chi connectivity index (χ1n) is 9.22. The van der Waals surface area contributed by atoms with Crippen LogP contribution in [0.4, 0.5) is 11.4 Å². The highest BCUT2D eigenvalue weighted by atomic mass is 79.9. The van der Waals surface area contributed by atoms with Gasteiger partial charge in [-0.3, -0.25) is 9.69 Å². The molecule has 0 unspecified atom stereocenters. The van der Waals surface area contributed by atoms with E-state index in [0.717, 1.165) is 36.5 Å². The number of para-hydroxylation sites is 1. The molecular formula is C21H26BrN3O2. The van der Waals surface area contributed by atoms with E-state index in [-0.39, 0.29) is 11.9 Å². The van der Waals surface area contributed by atoms with Crippen LogP contribution in [0.3, 0.4) is 0 Å². The third-order valence-corrected chi connectivity index (χ3v) is 5.39. The minimum Gasteiger partial charge on any atom is -0.378 e. The summed E-state index contributed by atoms with van der Waals surface area (Å²) in [5, 5.41) is 2.99. The number of rotatable bonds is 6. The van der Waals surface area contributed by atoms with Gasteiger partial charge in [-0.05, 0) is 43.8 Å². The number of carbonyl (C=O) groups is 1. The summed E-state index contributed by atoms with van der Waals surface area (Å²) in [5.41, 5.74) is 3.25. The molecule has 144 valence electrons. The summed E-state index contributed by atoms with van der Waals surface area (Å²) in [6, 6.07) is 15.8.